The van der Waals surface area contributed by atoms with Gasteiger partial charge in [-0.15, -0.1) is 0 Å². The van der Waals surface area contributed by atoms with Crippen LogP contribution in [0.4, 0.5) is 0 Å². The van der Waals surface area contributed by atoms with E-state index in [1.54, 1.807) is 0 Å². The molecule has 152 valence electrons. The monoisotopic (exact) mass is 390 g/mol. The Bertz CT molecular complexity index is 911. The fourth-order valence-corrected chi connectivity index (χ4v) is 5.38. The Morgan fingerprint density at radius 3 is 2.62 bits per heavy atom. The fourth-order valence-electron chi connectivity index (χ4n) is 5.38. The van der Waals surface area contributed by atoms with Crippen LogP contribution in [0.25, 0.3) is 0 Å². The van der Waals surface area contributed by atoms with Gasteiger partial charge in [-0.1, -0.05) is 36.4 Å². The van der Waals surface area contributed by atoms with Gasteiger partial charge in [0.25, 0.3) is 5.91 Å². The van der Waals surface area contributed by atoms with Gasteiger partial charge < -0.3 is 9.64 Å². The molecule has 5 rings (SSSR count). The van der Waals surface area contributed by atoms with Crippen molar-refractivity contribution in [3.63, 3.8) is 0 Å². The van der Waals surface area contributed by atoms with E-state index in [1.807, 2.05) is 23.1 Å². The molecule has 29 heavy (non-hydrogen) atoms. The highest BCUT2D eigenvalue weighted by Crippen LogP contribution is 2.40. The van der Waals surface area contributed by atoms with E-state index < -0.39 is 0 Å². The van der Waals surface area contributed by atoms with Crippen LogP contribution in [0.5, 0.6) is 5.75 Å². The number of rotatable bonds is 3. The minimum atomic E-state index is -0.00977. The van der Waals surface area contributed by atoms with Crippen LogP contribution in [0.1, 0.15) is 47.7 Å². The number of carbonyl (C=O) groups is 1. The molecular weight excluding hydrogens is 360 g/mol. The van der Waals surface area contributed by atoms with Gasteiger partial charge in [-0.05, 0) is 55.9 Å². The molecule has 4 heteroatoms. The average Bonchev–Trinajstić information content (AvgIpc) is 2.75. The minimum absolute atomic E-state index is 0.00977. The maximum Gasteiger partial charge on any atom is 0.254 e. The molecule has 1 saturated heterocycles. The fraction of sp³-hybridized carbons (Fsp3) is 0.480. The lowest BCUT2D eigenvalue weighted by molar-refractivity contribution is -0.0377. The third-order valence-corrected chi connectivity index (χ3v) is 7.14. The minimum Gasteiger partial charge on any atom is -0.487 e. The summed E-state index contributed by atoms with van der Waals surface area (Å²) in [6.07, 6.45) is 5.34. The summed E-state index contributed by atoms with van der Waals surface area (Å²) in [5.41, 5.74) is 3.41. The number of benzene rings is 2. The van der Waals surface area contributed by atoms with Crippen molar-refractivity contribution >= 4 is 5.91 Å². The second kappa shape index (κ2) is 7.49. The number of carbonyl (C=O) groups excluding carboxylic acids is 1. The van der Waals surface area contributed by atoms with Crippen LogP contribution in [0.2, 0.25) is 0 Å². The van der Waals surface area contributed by atoms with E-state index in [-0.39, 0.29) is 11.5 Å². The zero-order chi connectivity index (χ0) is 19.8. The number of likely N-dealkylation sites (tertiary alicyclic amines) is 1. The quantitative estimate of drug-likeness (QED) is 0.796. The molecule has 3 aliphatic rings. The van der Waals surface area contributed by atoms with Crippen molar-refractivity contribution in [3.05, 3.63) is 65.2 Å². The first-order valence-electron chi connectivity index (χ1n) is 11.0. The highest BCUT2D eigenvalue weighted by molar-refractivity contribution is 5.96. The highest BCUT2D eigenvalue weighted by atomic mass is 16.5. The Kier molecular flexibility index (Phi) is 4.83. The molecular formula is C25H30N2O2. The number of para-hydroxylation sites is 1. The van der Waals surface area contributed by atoms with Gasteiger partial charge >= 0.3 is 0 Å². The maximum absolute atomic E-state index is 12.8. The lowest BCUT2D eigenvalue weighted by atomic mass is 9.80. The third-order valence-electron chi connectivity index (χ3n) is 7.14. The molecule has 0 radical (unpaired) electrons. The van der Waals surface area contributed by atoms with E-state index in [1.165, 1.54) is 11.1 Å². The number of nitrogens with zero attached hydrogens (tertiary/aromatic N) is 2. The Morgan fingerprint density at radius 2 is 1.76 bits per heavy atom. The van der Waals surface area contributed by atoms with Crippen LogP contribution in [0.3, 0.4) is 0 Å². The predicted octanol–water partition coefficient (Wildman–Crippen LogP) is 3.93. The van der Waals surface area contributed by atoms with Crippen LogP contribution in [-0.4, -0.2) is 53.5 Å². The molecule has 2 aromatic carbocycles. The third kappa shape index (κ3) is 3.55. The summed E-state index contributed by atoms with van der Waals surface area (Å²) in [4.78, 5) is 17.4. The summed E-state index contributed by atoms with van der Waals surface area (Å²) in [6, 6.07) is 17.0. The van der Waals surface area contributed by atoms with Crippen molar-refractivity contribution in [2.45, 2.75) is 50.7 Å². The largest absolute Gasteiger partial charge is 0.487 e. The molecule has 1 fully saturated rings. The first-order chi connectivity index (χ1) is 14.1. The van der Waals surface area contributed by atoms with Crippen LogP contribution in [0.15, 0.2) is 48.5 Å². The number of hydrogen-bond donors (Lipinski definition) is 0. The van der Waals surface area contributed by atoms with Crippen LogP contribution in [-0.2, 0) is 12.8 Å². The van der Waals surface area contributed by atoms with E-state index in [2.05, 4.69) is 42.2 Å². The summed E-state index contributed by atoms with van der Waals surface area (Å²) in [5, 5.41) is 0. The molecule has 0 N–H and O–H groups in total. The van der Waals surface area contributed by atoms with E-state index in [9.17, 15) is 4.79 Å². The number of amides is 1. The van der Waals surface area contributed by atoms with Gasteiger partial charge in [0.15, 0.2) is 0 Å². The summed E-state index contributed by atoms with van der Waals surface area (Å²) in [6.45, 7) is 5.96. The van der Waals surface area contributed by atoms with Crippen molar-refractivity contribution in [1.29, 1.82) is 0 Å². The summed E-state index contributed by atoms with van der Waals surface area (Å²) in [5.74, 6) is 1.28. The van der Waals surface area contributed by atoms with Gasteiger partial charge in [0.1, 0.15) is 11.4 Å². The molecule has 3 heterocycles. The topological polar surface area (TPSA) is 32.8 Å². The molecule has 0 aliphatic carbocycles. The van der Waals surface area contributed by atoms with Crippen molar-refractivity contribution < 1.29 is 9.53 Å². The molecule has 0 unspecified atom stereocenters. The van der Waals surface area contributed by atoms with E-state index in [0.717, 1.165) is 69.6 Å². The van der Waals surface area contributed by atoms with Crippen molar-refractivity contribution in [2.75, 3.05) is 26.2 Å². The number of piperidine rings is 1. The number of aryl methyl sites for hydroxylation is 1. The number of hydrogen-bond acceptors (Lipinski definition) is 3. The predicted molar refractivity (Wildman–Crippen MR) is 114 cm³/mol. The Labute approximate surface area is 173 Å². The number of ether oxygens (including phenoxy) is 1. The standard InChI is InChI=1S/C25H30N2O2/c1-19-18-25(12-10-21-7-3-5-9-23(21)29-25)13-15-26(19)16-17-27-14-11-20-6-2-4-8-22(20)24(27)28/h2-9,19H,10-18H2,1H3/t19-,25-/m1/s1. The zero-order valence-electron chi connectivity index (χ0n) is 17.3. The Hall–Kier alpha value is -2.33. The molecule has 3 aliphatic heterocycles. The molecule has 0 saturated carbocycles. The van der Waals surface area contributed by atoms with E-state index >= 15 is 0 Å². The smallest absolute Gasteiger partial charge is 0.254 e. The normalized spacial score (nSPS) is 26.7. The number of fused-ring (bicyclic) bond motifs is 2. The zero-order valence-corrected chi connectivity index (χ0v) is 17.3. The molecule has 4 nitrogen and oxygen atoms in total. The molecule has 1 spiro atoms. The van der Waals surface area contributed by atoms with Crippen LogP contribution < -0.4 is 4.74 Å². The van der Waals surface area contributed by atoms with Gasteiger partial charge in [-0.3, -0.25) is 9.69 Å². The van der Waals surface area contributed by atoms with Crippen molar-refractivity contribution in [3.8, 4) is 5.75 Å². The summed E-state index contributed by atoms with van der Waals surface area (Å²) in [7, 11) is 0. The first-order valence-corrected chi connectivity index (χ1v) is 11.0. The van der Waals surface area contributed by atoms with Crippen molar-refractivity contribution in [2.24, 2.45) is 0 Å². The van der Waals surface area contributed by atoms with E-state index in [4.69, 9.17) is 4.74 Å². The van der Waals surface area contributed by atoms with E-state index in [0.29, 0.717) is 6.04 Å². The average molecular weight is 391 g/mol. The summed E-state index contributed by atoms with van der Waals surface area (Å²) < 4.78 is 6.54. The lowest BCUT2D eigenvalue weighted by Crippen LogP contribution is -2.55. The van der Waals surface area contributed by atoms with Gasteiger partial charge in [0.05, 0.1) is 0 Å². The first kappa shape index (κ1) is 18.7. The molecule has 2 aromatic rings. The second-order valence-electron chi connectivity index (χ2n) is 8.93. The van der Waals surface area contributed by atoms with Gasteiger partial charge in [-0.2, -0.15) is 0 Å². The van der Waals surface area contributed by atoms with Gasteiger partial charge in [0, 0.05) is 44.2 Å². The van der Waals surface area contributed by atoms with Gasteiger partial charge in [0.2, 0.25) is 0 Å². The Balaban J connectivity index is 1.19. The highest BCUT2D eigenvalue weighted by Gasteiger charge is 2.42. The molecule has 0 bridgehead atoms. The van der Waals surface area contributed by atoms with Crippen LogP contribution >= 0.6 is 0 Å². The van der Waals surface area contributed by atoms with Gasteiger partial charge in [-0.25, -0.2) is 0 Å². The molecule has 2 atom stereocenters. The lowest BCUT2D eigenvalue weighted by Gasteiger charge is -2.48. The second-order valence-corrected chi connectivity index (χ2v) is 8.93. The molecule has 1 amide bonds. The van der Waals surface area contributed by atoms with Crippen molar-refractivity contribution in [1.82, 2.24) is 9.80 Å². The Morgan fingerprint density at radius 1 is 0.966 bits per heavy atom. The maximum atomic E-state index is 12.8. The SMILES string of the molecule is C[C@@H]1C[C@@]2(CCc3ccccc3O2)CCN1CCN1CCc2ccccc2C1=O. The molecule has 0 aromatic heterocycles. The summed E-state index contributed by atoms with van der Waals surface area (Å²) >= 11 is 0. The van der Waals surface area contributed by atoms with Crippen LogP contribution in [0, 0.1) is 0 Å².